The molecule has 0 unspecified atom stereocenters. The predicted octanol–water partition coefficient (Wildman–Crippen LogP) is 3.66. The van der Waals surface area contributed by atoms with Crippen molar-refractivity contribution in [1.29, 1.82) is 0 Å². The van der Waals surface area contributed by atoms with Gasteiger partial charge in [0.1, 0.15) is 11.6 Å². The van der Waals surface area contributed by atoms with Crippen LogP contribution in [0.25, 0.3) is 22.0 Å². The third kappa shape index (κ3) is 4.28. The summed E-state index contributed by atoms with van der Waals surface area (Å²) < 4.78 is 18.8. The molecule has 5 nitrogen and oxygen atoms in total. The van der Waals surface area contributed by atoms with Crippen molar-refractivity contribution in [3.8, 4) is 16.9 Å². The maximum absolute atomic E-state index is 13.4. The Hall–Kier alpha value is -2.86. The molecule has 142 valence electrons. The Morgan fingerprint density at radius 3 is 2.78 bits per heavy atom. The number of hydrogen-bond donors (Lipinski definition) is 2. The van der Waals surface area contributed by atoms with Crippen LogP contribution in [0.5, 0.6) is 5.75 Å². The molecule has 0 aliphatic rings. The number of benzene rings is 2. The number of hydrogen-bond acceptors (Lipinski definition) is 3. The summed E-state index contributed by atoms with van der Waals surface area (Å²) >= 11 is 0. The van der Waals surface area contributed by atoms with E-state index < -0.39 is 0 Å². The number of methoxy groups -OCH3 is 1. The molecule has 3 rings (SSSR count). The summed E-state index contributed by atoms with van der Waals surface area (Å²) in [7, 11) is 5.55. The van der Waals surface area contributed by atoms with Crippen LogP contribution in [0, 0.1) is 5.82 Å². The van der Waals surface area contributed by atoms with E-state index in [4.69, 9.17) is 4.74 Å². The van der Waals surface area contributed by atoms with Gasteiger partial charge in [0.25, 0.3) is 5.91 Å². The fourth-order valence-electron chi connectivity index (χ4n) is 3.08. The molecule has 0 aliphatic heterocycles. The first-order chi connectivity index (χ1) is 13.0. The highest BCUT2D eigenvalue weighted by atomic mass is 19.1. The summed E-state index contributed by atoms with van der Waals surface area (Å²) in [4.78, 5) is 17.6. The molecule has 2 N–H and O–H groups in total. The number of ether oxygens (including phenoxy) is 1. The Morgan fingerprint density at radius 2 is 2.04 bits per heavy atom. The molecule has 0 saturated carbocycles. The number of amides is 1. The van der Waals surface area contributed by atoms with Crippen molar-refractivity contribution in [2.45, 2.75) is 6.42 Å². The summed E-state index contributed by atoms with van der Waals surface area (Å²) in [6.45, 7) is 1.52. The van der Waals surface area contributed by atoms with E-state index in [2.05, 4.69) is 15.2 Å². The minimum Gasteiger partial charge on any atom is -0.496 e. The number of rotatable bonds is 7. The first-order valence-electron chi connectivity index (χ1n) is 8.87. The Bertz CT molecular complexity index is 950. The Morgan fingerprint density at radius 1 is 1.22 bits per heavy atom. The molecule has 27 heavy (non-hydrogen) atoms. The zero-order chi connectivity index (χ0) is 19.4. The highest BCUT2D eigenvalue weighted by molar-refractivity contribution is 6.00. The molecule has 0 fully saturated rings. The van der Waals surface area contributed by atoms with E-state index in [1.165, 1.54) is 12.1 Å². The van der Waals surface area contributed by atoms with Crippen molar-refractivity contribution < 1.29 is 13.9 Å². The number of nitrogens with zero attached hydrogens (tertiary/aromatic N) is 1. The lowest BCUT2D eigenvalue weighted by Crippen LogP contribution is -2.27. The SMILES string of the molecule is COc1cc(-c2c[nH]c3cc(F)ccc23)ccc1C(=O)NCCCN(C)C. The summed E-state index contributed by atoms with van der Waals surface area (Å²) in [5, 5.41) is 3.84. The third-order valence-electron chi connectivity index (χ3n) is 4.47. The van der Waals surface area contributed by atoms with Crippen LogP contribution in [0.4, 0.5) is 4.39 Å². The van der Waals surface area contributed by atoms with E-state index in [-0.39, 0.29) is 11.7 Å². The van der Waals surface area contributed by atoms with E-state index in [0.29, 0.717) is 17.9 Å². The summed E-state index contributed by atoms with van der Waals surface area (Å²) in [6.07, 6.45) is 2.71. The summed E-state index contributed by atoms with van der Waals surface area (Å²) in [6, 6.07) is 10.1. The second kappa shape index (κ2) is 8.22. The Balaban J connectivity index is 1.82. The van der Waals surface area contributed by atoms with Gasteiger partial charge in [0, 0.05) is 29.2 Å². The molecule has 2 aromatic carbocycles. The molecule has 0 spiro atoms. The largest absolute Gasteiger partial charge is 0.496 e. The van der Waals surface area contributed by atoms with E-state index in [9.17, 15) is 9.18 Å². The molecular weight excluding hydrogens is 345 g/mol. The number of fused-ring (bicyclic) bond motifs is 1. The van der Waals surface area contributed by atoms with Gasteiger partial charge in [-0.25, -0.2) is 4.39 Å². The van der Waals surface area contributed by atoms with Crippen LogP contribution in [0.3, 0.4) is 0 Å². The molecule has 3 aromatic rings. The molecule has 0 saturated heterocycles. The Kier molecular flexibility index (Phi) is 5.76. The van der Waals surface area contributed by atoms with Crippen molar-refractivity contribution in [2.75, 3.05) is 34.3 Å². The zero-order valence-electron chi connectivity index (χ0n) is 15.8. The lowest BCUT2D eigenvalue weighted by atomic mass is 10.0. The van der Waals surface area contributed by atoms with Gasteiger partial charge in [0.05, 0.1) is 12.7 Å². The van der Waals surface area contributed by atoms with Crippen LogP contribution in [0.1, 0.15) is 16.8 Å². The van der Waals surface area contributed by atoms with E-state index in [1.807, 2.05) is 32.4 Å². The number of carbonyl (C=O) groups excluding carboxylic acids is 1. The topological polar surface area (TPSA) is 57.4 Å². The van der Waals surface area contributed by atoms with Crippen molar-refractivity contribution in [1.82, 2.24) is 15.2 Å². The van der Waals surface area contributed by atoms with Gasteiger partial charge in [-0.3, -0.25) is 4.79 Å². The van der Waals surface area contributed by atoms with Gasteiger partial charge in [-0.05, 0) is 63.0 Å². The van der Waals surface area contributed by atoms with Gasteiger partial charge >= 0.3 is 0 Å². The van der Waals surface area contributed by atoms with Crippen LogP contribution < -0.4 is 10.1 Å². The number of aromatic amines is 1. The molecule has 6 heteroatoms. The van der Waals surface area contributed by atoms with Gasteiger partial charge in [0.15, 0.2) is 0 Å². The van der Waals surface area contributed by atoms with E-state index >= 15 is 0 Å². The van der Waals surface area contributed by atoms with Crippen LogP contribution in [-0.4, -0.2) is 50.1 Å². The third-order valence-corrected chi connectivity index (χ3v) is 4.47. The van der Waals surface area contributed by atoms with Gasteiger partial charge < -0.3 is 19.9 Å². The molecule has 0 aliphatic carbocycles. The van der Waals surface area contributed by atoms with Gasteiger partial charge in [-0.15, -0.1) is 0 Å². The van der Waals surface area contributed by atoms with E-state index in [1.54, 1.807) is 19.2 Å². The Labute approximate surface area is 158 Å². The van der Waals surface area contributed by atoms with Crippen molar-refractivity contribution in [2.24, 2.45) is 0 Å². The lowest BCUT2D eigenvalue weighted by Gasteiger charge is -2.12. The minimum absolute atomic E-state index is 0.154. The molecular formula is C21H24FN3O2. The molecule has 0 radical (unpaired) electrons. The maximum Gasteiger partial charge on any atom is 0.255 e. The fraction of sp³-hybridized carbons (Fsp3) is 0.286. The monoisotopic (exact) mass is 369 g/mol. The number of aromatic nitrogens is 1. The number of carbonyl (C=O) groups is 1. The van der Waals surface area contributed by atoms with Crippen LogP contribution in [-0.2, 0) is 0 Å². The van der Waals surface area contributed by atoms with Crippen molar-refractivity contribution in [3.05, 3.63) is 54.0 Å². The minimum atomic E-state index is -0.283. The van der Waals surface area contributed by atoms with Crippen LogP contribution >= 0.6 is 0 Å². The smallest absolute Gasteiger partial charge is 0.255 e. The van der Waals surface area contributed by atoms with Crippen molar-refractivity contribution in [3.63, 3.8) is 0 Å². The van der Waals surface area contributed by atoms with E-state index in [0.717, 1.165) is 35.0 Å². The maximum atomic E-state index is 13.4. The highest BCUT2D eigenvalue weighted by Crippen LogP contribution is 2.32. The van der Waals surface area contributed by atoms with Gasteiger partial charge in [-0.1, -0.05) is 6.07 Å². The first-order valence-corrected chi connectivity index (χ1v) is 8.87. The predicted molar refractivity (Wildman–Crippen MR) is 106 cm³/mol. The number of H-pyrrole nitrogens is 1. The molecule has 1 heterocycles. The molecule has 1 aromatic heterocycles. The number of nitrogens with one attached hydrogen (secondary N) is 2. The average Bonchev–Trinajstić information content (AvgIpc) is 3.07. The lowest BCUT2D eigenvalue weighted by molar-refractivity contribution is 0.0949. The quantitative estimate of drug-likeness (QED) is 0.625. The molecule has 1 amide bonds. The first kappa shape index (κ1) is 18.9. The van der Waals surface area contributed by atoms with Gasteiger partial charge in [-0.2, -0.15) is 0 Å². The highest BCUT2D eigenvalue weighted by Gasteiger charge is 2.15. The summed E-state index contributed by atoms with van der Waals surface area (Å²) in [5.74, 6) is 0.0713. The van der Waals surface area contributed by atoms with Gasteiger partial charge in [0.2, 0.25) is 0 Å². The molecule has 0 bridgehead atoms. The molecule has 0 atom stereocenters. The second-order valence-corrected chi connectivity index (χ2v) is 6.72. The van der Waals surface area contributed by atoms with Crippen molar-refractivity contribution >= 4 is 16.8 Å². The zero-order valence-corrected chi connectivity index (χ0v) is 15.8. The standard InChI is InChI=1S/C21H24FN3O2/c1-25(2)10-4-9-23-21(26)17-7-5-14(11-20(17)27-3)18-13-24-19-12-15(22)6-8-16(18)19/h5-8,11-13,24H,4,9-10H2,1-3H3,(H,23,26). The average molecular weight is 369 g/mol. The van der Waals surface area contributed by atoms with Crippen LogP contribution in [0.2, 0.25) is 0 Å². The van der Waals surface area contributed by atoms with Crippen LogP contribution in [0.15, 0.2) is 42.6 Å². The number of halogens is 1. The second-order valence-electron chi connectivity index (χ2n) is 6.72. The fourth-order valence-corrected chi connectivity index (χ4v) is 3.08. The summed E-state index contributed by atoms with van der Waals surface area (Å²) in [5.41, 5.74) is 3.05. The normalized spacial score (nSPS) is 11.1.